The Balaban J connectivity index is 1.65. The lowest BCUT2D eigenvalue weighted by molar-refractivity contribution is -0.163. The summed E-state index contributed by atoms with van der Waals surface area (Å²) < 4.78 is 22.1. The van der Waals surface area contributed by atoms with Gasteiger partial charge >= 0.3 is 23.9 Å². The van der Waals surface area contributed by atoms with E-state index in [1.807, 2.05) is 19.1 Å². The number of hydrogen-bond donors (Lipinski definition) is 0. The van der Waals surface area contributed by atoms with E-state index >= 15 is 0 Å². The summed E-state index contributed by atoms with van der Waals surface area (Å²) >= 11 is 0. The van der Waals surface area contributed by atoms with Crippen LogP contribution in [0.25, 0.3) is 0 Å². The summed E-state index contributed by atoms with van der Waals surface area (Å²) in [5, 5.41) is 0. The molecule has 8 nitrogen and oxygen atoms in total. The Hall–Kier alpha value is -3.68. The van der Waals surface area contributed by atoms with E-state index in [1.165, 1.54) is 0 Å². The molecule has 0 amide bonds. The maximum Gasteiger partial charge on any atom is 0.338 e. The highest BCUT2D eigenvalue weighted by molar-refractivity contribution is 5.90. The van der Waals surface area contributed by atoms with Crippen molar-refractivity contribution in [1.82, 2.24) is 0 Å². The fourth-order valence-electron chi connectivity index (χ4n) is 3.99. The Morgan fingerprint density at radius 2 is 1.20 bits per heavy atom. The molecule has 0 radical (unpaired) electrons. The molecule has 0 N–H and O–H groups in total. The van der Waals surface area contributed by atoms with Crippen LogP contribution in [-0.2, 0) is 28.5 Å². The first-order valence-electron chi connectivity index (χ1n) is 13.7. The molecule has 2 rings (SSSR count). The number of carbonyl (C=O) groups is 4. The zero-order chi connectivity index (χ0) is 29.8. The van der Waals surface area contributed by atoms with Gasteiger partial charge in [-0.2, -0.15) is 0 Å². The van der Waals surface area contributed by atoms with Crippen LogP contribution < -0.4 is 0 Å². The maximum atomic E-state index is 12.4. The number of benzene rings is 2. The number of hydrogen-bond acceptors (Lipinski definition) is 8. The molecule has 0 aliphatic rings. The first kappa shape index (κ1) is 32.5. The molecule has 0 saturated heterocycles. The lowest BCUT2D eigenvalue weighted by Gasteiger charge is -2.31. The molecule has 2 unspecified atom stereocenters. The zero-order valence-corrected chi connectivity index (χ0v) is 24.4. The predicted octanol–water partition coefficient (Wildman–Crippen LogP) is 6.32. The van der Waals surface area contributed by atoms with E-state index in [1.54, 1.807) is 83.1 Å². The van der Waals surface area contributed by atoms with E-state index < -0.39 is 29.2 Å². The Morgan fingerprint density at radius 1 is 0.700 bits per heavy atom. The van der Waals surface area contributed by atoms with Crippen molar-refractivity contribution in [3.8, 4) is 0 Å². The van der Waals surface area contributed by atoms with Crippen LogP contribution in [-0.4, -0.2) is 47.8 Å². The summed E-state index contributed by atoms with van der Waals surface area (Å²) in [4.78, 5) is 49.2. The van der Waals surface area contributed by atoms with Gasteiger partial charge in [0.15, 0.2) is 0 Å². The van der Waals surface area contributed by atoms with Gasteiger partial charge < -0.3 is 18.9 Å². The largest absolute Gasteiger partial charge is 0.462 e. The summed E-state index contributed by atoms with van der Waals surface area (Å²) in [6, 6.07) is 17.4. The third-order valence-corrected chi connectivity index (χ3v) is 6.54. The zero-order valence-electron chi connectivity index (χ0n) is 24.4. The van der Waals surface area contributed by atoms with Gasteiger partial charge in [-0.3, -0.25) is 9.59 Å². The minimum Gasteiger partial charge on any atom is -0.462 e. The van der Waals surface area contributed by atoms with E-state index in [2.05, 4.69) is 0 Å². The summed E-state index contributed by atoms with van der Waals surface area (Å²) in [5.74, 6) is -1.83. The first-order chi connectivity index (χ1) is 18.8. The highest BCUT2D eigenvalue weighted by Gasteiger charge is 2.31. The van der Waals surface area contributed by atoms with Gasteiger partial charge in [0.25, 0.3) is 0 Å². The SMILES string of the molecule is CC(CC(C)(C)OC(=O)c1ccccc1)OC(=O)CCCCC(=O)OC(C)(C)C(C)COC(=O)c1ccccc1. The van der Waals surface area contributed by atoms with Crippen LogP contribution in [0.2, 0.25) is 0 Å². The van der Waals surface area contributed by atoms with Crippen molar-refractivity contribution < 1.29 is 38.1 Å². The van der Waals surface area contributed by atoms with Crippen LogP contribution in [0.1, 0.15) is 94.4 Å². The van der Waals surface area contributed by atoms with Crippen molar-refractivity contribution in [3.05, 3.63) is 71.8 Å². The molecule has 0 saturated carbocycles. The molecule has 0 aromatic heterocycles. The van der Waals surface area contributed by atoms with Crippen LogP contribution in [0, 0.1) is 5.92 Å². The normalized spacial score (nSPS) is 13.1. The summed E-state index contributed by atoms with van der Waals surface area (Å²) in [6.07, 6.45) is 1.16. The number of rotatable bonds is 15. The van der Waals surface area contributed by atoms with Gasteiger partial charge in [0.2, 0.25) is 0 Å². The highest BCUT2D eigenvalue weighted by atomic mass is 16.6. The molecule has 0 spiro atoms. The molecule has 0 bridgehead atoms. The van der Waals surface area contributed by atoms with E-state index in [4.69, 9.17) is 18.9 Å². The maximum absolute atomic E-state index is 12.4. The average molecular weight is 555 g/mol. The van der Waals surface area contributed by atoms with Crippen LogP contribution in [0.15, 0.2) is 60.7 Å². The summed E-state index contributed by atoms with van der Waals surface area (Å²) in [7, 11) is 0. The second kappa shape index (κ2) is 15.2. The molecule has 0 aliphatic heterocycles. The second-order valence-corrected chi connectivity index (χ2v) is 11.2. The van der Waals surface area contributed by atoms with Gasteiger partial charge in [0.05, 0.1) is 17.7 Å². The molecule has 40 heavy (non-hydrogen) atoms. The molecule has 0 heterocycles. The molecule has 8 heteroatoms. The van der Waals surface area contributed by atoms with Crippen molar-refractivity contribution in [1.29, 1.82) is 0 Å². The van der Waals surface area contributed by atoms with Gasteiger partial charge in [0, 0.05) is 25.2 Å². The molecule has 0 fully saturated rings. The monoisotopic (exact) mass is 554 g/mol. The van der Waals surface area contributed by atoms with Crippen LogP contribution in [0.4, 0.5) is 0 Å². The first-order valence-corrected chi connectivity index (χ1v) is 13.7. The number of ether oxygens (including phenoxy) is 4. The number of unbranched alkanes of at least 4 members (excludes halogenated alkanes) is 1. The molecule has 2 aromatic rings. The number of esters is 4. The van der Waals surface area contributed by atoms with Crippen molar-refractivity contribution in [2.45, 2.75) is 91.0 Å². The molecule has 218 valence electrons. The minimum atomic E-state index is -0.834. The lowest BCUT2D eigenvalue weighted by Crippen LogP contribution is -2.38. The molecule has 2 aromatic carbocycles. The van der Waals surface area contributed by atoms with Crippen molar-refractivity contribution in [2.75, 3.05) is 6.61 Å². The third-order valence-electron chi connectivity index (χ3n) is 6.54. The van der Waals surface area contributed by atoms with Gasteiger partial charge in [-0.25, -0.2) is 9.59 Å². The van der Waals surface area contributed by atoms with E-state index in [9.17, 15) is 19.2 Å². The topological polar surface area (TPSA) is 105 Å². The van der Waals surface area contributed by atoms with Crippen LogP contribution >= 0.6 is 0 Å². The van der Waals surface area contributed by atoms with Gasteiger partial charge in [-0.15, -0.1) is 0 Å². The van der Waals surface area contributed by atoms with E-state index in [0.717, 1.165) is 0 Å². The van der Waals surface area contributed by atoms with Crippen molar-refractivity contribution in [2.24, 2.45) is 5.92 Å². The summed E-state index contributed by atoms with van der Waals surface area (Å²) in [5.41, 5.74) is -0.727. The van der Waals surface area contributed by atoms with Gasteiger partial charge in [-0.05, 0) is 71.7 Å². The highest BCUT2D eigenvalue weighted by Crippen LogP contribution is 2.24. The fourth-order valence-corrected chi connectivity index (χ4v) is 3.99. The van der Waals surface area contributed by atoms with Crippen molar-refractivity contribution in [3.63, 3.8) is 0 Å². The molecule has 0 aliphatic carbocycles. The Morgan fingerprint density at radius 3 is 1.75 bits per heavy atom. The van der Waals surface area contributed by atoms with E-state index in [-0.39, 0.29) is 37.3 Å². The Bertz CT molecular complexity index is 1110. The van der Waals surface area contributed by atoms with Crippen molar-refractivity contribution >= 4 is 23.9 Å². The summed E-state index contributed by atoms with van der Waals surface area (Å²) in [6.45, 7) is 10.8. The average Bonchev–Trinajstić information content (AvgIpc) is 2.89. The fraction of sp³-hybridized carbons (Fsp3) is 0.500. The van der Waals surface area contributed by atoms with Gasteiger partial charge in [0.1, 0.15) is 17.3 Å². The molecular formula is C32H42O8. The Labute approximate surface area is 237 Å². The second-order valence-electron chi connectivity index (χ2n) is 11.2. The minimum absolute atomic E-state index is 0.111. The smallest absolute Gasteiger partial charge is 0.338 e. The van der Waals surface area contributed by atoms with E-state index in [0.29, 0.717) is 30.4 Å². The third kappa shape index (κ3) is 11.6. The van der Waals surface area contributed by atoms with Crippen LogP contribution in [0.5, 0.6) is 0 Å². The Kier molecular flexibility index (Phi) is 12.4. The molecular weight excluding hydrogens is 512 g/mol. The quantitative estimate of drug-likeness (QED) is 0.143. The molecule has 2 atom stereocenters. The standard InChI is InChI=1S/C32H42O8/c1-23(22-37-29(35)25-15-9-7-10-16-25)32(5,6)39-28(34)20-14-13-19-27(33)38-24(2)21-31(3,4)40-30(36)26-17-11-8-12-18-26/h7-12,15-18,23-24H,13-14,19-22H2,1-6H3. The van der Waals surface area contributed by atoms with Crippen LogP contribution in [0.3, 0.4) is 0 Å². The number of carbonyl (C=O) groups excluding carboxylic acids is 4. The van der Waals surface area contributed by atoms with Gasteiger partial charge in [-0.1, -0.05) is 43.3 Å². The lowest BCUT2D eigenvalue weighted by atomic mass is 9.93. The predicted molar refractivity (Wildman–Crippen MR) is 151 cm³/mol.